The number of carbonyl (C=O) groups is 1. The third-order valence-electron chi connectivity index (χ3n) is 4.21. The Morgan fingerprint density at radius 1 is 1.22 bits per heavy atom. The summed E-state index contributed by atoms with van der Waals surface area (Å²) in [4.78, 5) is 30.9. The smallest absolute Gasteiger partial charge is 0.374 e. The number of nitro groups is 1. The number of hydrogen-bond acceptors (Lipinski definition) is 7. The molecule has 1 aromatic heterocycles. The molecule has 0 saturated heterocycles. The van der Waals surface area contributed by atoms with Crippen molar-refractivity contribution in [2.75, 3.05) is 5.43 Å². The van der Waals surface area contributed by atoms with Crippen molar-refractivity contribution in [1.82, 2.24) is 15.4 Å². The van der Waals surface area contributed by atoms with Crippen LogP contribution >= 0.6 is 11.6 Å². The first-order valence-corrected chi connectivity index (χ1v) is 8.91. The molecule has 0 unspecified atom stereocenters. The van der Waals surface area contributed by atoms with Gasteiger partial charge in [0, 0.05) is 0 Å². The second-order valence-electron chi connectivity index (χ2n) is 6.07. The number of carbonyl (C=O) groups excluding carboxylic acids is 1. The van der Waals surface area contributed by atoms with Crippen molar-refractivity contribution >= 4 is 29.0 Å². The van der Waals surface area contributed by atoms with Gasteiger partial charge in [-0.25, -0.2) is 4.98 Å². The summed E-state index contributed by atoms with van der Waals surface area (Å²) in [7, 11) is 0. The Hall–Kier alpha value is -2.94. The van der Waals surface area contributed by atoms with Crippen LogP contribution in [0.4, 0.5) is 11.5 Å². The minimum atomic E-state index is -0.637. The van der Waals surface area contributed by atoms with Gasteiger partial charge in [-0.05, 0) is 37.8 Å². The zero-order valence-corrected chi connectivity index (χ0v) is 15.1. The highest BCUT2D eigenvalue weighted by Crippen LogP contribution is 2.33. The van der Waals surface area contributed by atoms with Crippen molar-refractivity contribution in [3.8, 4) is 5.88 Å². The first-order chi connectivity index (χ1) is 13.1. The molecule has 142 valence electrons. The summed E-state index contributed by atoms with van der Waals surface area (Å²) in [6.45, 7) is 0. The predicted octanol–water partition coefficient (Wildman–Crippen LogP) is 3.51. The number of ether oxygens (including phenoxy) is 1. The SMILES string of the molecule is O=C(NNc1ncnc(OC2CCCCC2)c1[N+](=O)[O-])c1ccccc1Cl. The van der Waals surface area contributed by atoms with Gasteiger partial charge in [0.25, 0.3) is 11.8 Å². The number of rotatable bonds is 6. The summed E-state index contributed by atoms with van der Waals surface area (Å²) in [5, 5.41) is 11.8. The molecule has 1 amide bonds. The lowest BCUT2D eigenvalue weighted by atomic mass is 9.98. The Kier molecular flexibility index (Phi) is 6.02. The van der Waals surface area contributed by atoms with Gasteiger partial charge in [-0.1, -0.05) is 30.2 Å². The predicted molar refractivity (Wildman–Crippen MR) is 98.7 cm³/mol. The molecule has 1 aliphatic carbocycles. The Morgan fingerprint density at radius 3 is 2.67 bits per heavy atom. The maximum absolute atomic E-state index is 12.2. The minimum absolute atomic E-state index is 0.113. The van der Waals surface area contributed by atoms with E-state index in [4.69, 9.17) is 16.3 Å². The van der Waals surface area contributed by atoms with Gasteiger partial charge in [0.05, 0.1) is 15.5 Å². The van der Waals surface area contributed by atoms with Crippen LogP contribution in [0.25, 0.3) is 0 Å². The van der Waals surface area contributed by atoms with Gasteiger partial charge in [0.1, 0.15) is 12.4 Å². The highest BCUT2D eigenvalue weighted by molar-refractivity contribution is 6.33. The number of nitrogens with zero attached hydrogens (tertiary/aromatic N) is 3. The van der Waals surface area contributed by atoms with E-state index in [0.717, 1.165) is 38.4 Å². The molecular formula is C17H18ClN5O4. The van der Waals surface area contributed by atoms with Gasteiger partial charge in [0.2, 0.25) is 5.82 Å². The lowest BCUT2D eigenvalue weighted by molar-refractivity contribution is -0.385. The Labute approximate surface area is 160 Å². The van der Waals surface area contributed by atoms with Crippen LogP contribution in [0.15, 0.2) is 30.6 Å². The number of hydrazine groups is 1. The summed E-state index contributed by atoms with van der Waals surface area (Å²) in [5.74, 6) is -0.833. The summed E-state index contributed by atoms with van der Waals surface area (Å²) in [5.41, 5.74) is 4.62. The maximum atomic E-state index is 12.2. The van der Waals surface area contributed by atoms with Crippen LogP contribution in [0.1, 0.15) is 42.5 Å². The molecule has 2 aromatic rings. The number of halogens is 1. The minimum Gasteiger partial charge on any atom is -0.469 e. The molecule has 1 saturated carbocycles. The summed E-state index contributed by atoms with van der Waals surface area (Å²) in [6.07, 6.45) is 5.85. The molecule has 10 heteroatoms. The molecule has 1 aromatic carbocycles. The largest absolute Gasteiger partial charge is 0.469 e. The molecule has 2 N–H and O–H groups in total. The fourth-order valence-electron chi connectivity index (χ4n) is 2.87. The van der Waals surface area contributed by atoms with E-state index in [1.165, 1.54) is 6.07 Å². The van der Waals surface area contributed by atoms with Crippen molar-refractivity contribution in [2.24, 2.45) is 0 Å². The zero-order chi connectivity index (χ0) is 19.2. The molecule has 0 spiro atoms. The quantitative estimate of drug-likeness (QED) is 0.571. The summed E-state index contributed by atoms with van der Waals surface area (Å²) < 4.78 is 5.73. The van der Waals surface area contributed by atoms with Crippen molar-refractivity contribution in [3.63, 3.8) is 0 Å². The normalized spacial score (nSPS) is 14.4. The van der Waals surface area contributed by atoms with Crippen LogP contribution in [0.5, 0.6) is 5.88 Å². The molecule has 1 fully saturated rings. The average Bonchev–Trinajstić information content (AvgIpc) is 2.67. The number of nitrogens with one attached hydrogen (secondary N) is 2. The van der Waals surface area contributed by atoms with Gasteiger partial charge < -0.3 is 4.74 Å². The van der Waals surface area contributed by atoms with Crippen LogP contribution < -0.4 is 15.6 Å². The van der Waals surface area contributed by atoms with Gasteiger partial charge in [0.15, 0.2) is 0 Å². The lowest BCUT2D eigenvalue weighted by Gasteiger charge is -2.22. The fraction of sp³-hybridized carbons (Fsp3) is 0.353. The third kappa shape index (κ3) is 4.62. The van der Waals surface area contributed by atoms with Crippen molar-refractivity contribution in [3.05, 3.63) is 51.3 Å². The van der Waals surface area contributed by atoms with E-state index in [0.29, 0.717) is 0 Å². The fourth-order valence-corrected chi connectivity index (χ4v) is 3.10. The molecular weight excluding hydrogens is 374 g/mol. The van der Waals surface area contributed by atoms with E-state index in [1.807, 2.05) is 0 Å². The van der Waals surface area contributed by atoms with Crippen LogP contribution in [0.2, 0.25) is 5.02 Å². The molecule has 0 bridgehead atoms. The van der Waals surface area contributed by atoms with Gasteiger partial charge in [-0.15, -0.1) is 0 Å². The van der Waals surface area contributed by atoms with Gasteiger partial charge >= 0.3 is 5.69 Å². The Bertz CT molecular complexity index is 842. The summed E-state index contributed by atoms with van der Waals surface area (Å²) in [6, 6.07) is 6.45. The van der Waals surface area contributed by atoms with Crippen LogP contribution in [-0.2, 0) is 0 Å². The average molecular weight is 392 g/mol. The van der Waals surface area contributed by atoms with Crippen LogP contribution in [0, 0.1) is 10.1 Å². The summed E-state index contributed by atoms with van der Waals surface area (Å²) >= 11 is 5.97. The van der Waals surface area contributed by atoms with E-state index in [1.54, 1.807) is 18.2 Å². The molecule has 27 heavy (non-hydrogen) atoms. The number of aromatic nitrogens is 2. The number of amides is 1. The lowest BCUT2D eigenvalue weighted by Crippen LogP contribution is -2.30. The first kappa shape index (κ1) is 18.8. The van der Waals surface area contributed by atoms with Crippen molar-refractivity contribution < 1.29 is 14.5 Å². The van der Waals surface area contributed by atoms with E-state index in [-0.39, 0.29) is 28.4 Å². The Morgan fingerprint density at radius 2 is 1.96 bits per heavy atom. The monoisotopic (exact) mass is 391 g/mol. The first-order valence-electron chi connectivity index (χ1n) is 8.53. The third-order valence-corrected chi connectivity index (χ3v) is 4.54. The van der Waals surface area contributed by atoms with E-state index in [2.05, 4.69) is 20.8 Å². The van der Waals surface area contributed by atoms with E-state index >= 15 is 0 Å². The topological polar surface area (TPSA) is 119 Å². The molecule has 1 heterocycles. The van der Waals surface area contributed by atoms with Crippen molar-refractivity contribution in [2.45, 2.75) is 38.2 Å². The zero-order valence-electron chi connectivity index (χ0n) is 14.4. The highest BCUT2D eigenvalue weighted by atomic mass is 35.5. The number of benzene rings is 1. The van der Waals surface area contributed by atoms with E-state index in [9.17, 15) is 14.9 Å². The molecule has 1 aliphatic rings. The van der Waals surface area contributed by atoms with Crippen molar-refractivity contribution in [1.29, 1.82) is 0 Å². The second kappa shape index (κ2) is 8.63. The van der Waals surface area contributed by atoms with Gasteiger partial charge in [-0.3, -0.25) is 25.8 Å². The number of hydrogen-bond donors (Lipinski definition) is 2. The van der Waals surface area contributed by atoms with E-state index < -0.39 is 16.5 Å². The molecule has 0 radical (unpaired) electrons. The van der Waals surface area contributed by atoms with Gasteiger partial charge in [-0.2, -0.15) is 4.98 Å². The second-order valence-corrected chi connectivity index (χ2v) is 6.48. The van der Waals surface area contributed by atoms with Crippen LogP contribution in [0.3, 0.4) is 0 Å². The van der Waals surface area contributed by atoms with Crippen LogP contribution in [-0.4, -0.2) is 26.9 Å². The molecule has 0 atom stereocenters. The standard InChI is InChI=1S/C17H18ClN5O4/c18-13-9-5-4-8-12(13)16(24)22-21-15-14(23(25)26)17(20-10-19-15)27-11-6-2-1-3-7-11/h4-5,8-11H,1-3,6-7H2,(H,22,24)(H,19,20,21). The molecule has 0 aliphatic heterocycles. The Balaban J connectivity index is 1.76. The maximum Gasteiger partial charge on any atom is 0.374 e. The molecule has 3 rings (SSSR count). The molecule has 9 nitrogen and oxygen atoms in total. The highest BCUT2D eigenvalue weighted by Gasteiger charge is 2.28. The number of anilines is 1.